The van der Waals surface area contributed by atoms with Gasteiger partial charge >= 0.3 is 0 Å². The number of amides is 1. The van der Waals surface area contributed by atoms with Crippen LogP contribution in [0.15, 0.2) is 40.6 Å². The molecule has 0 atom stereocenters. The number of rotatable bonds is 5. The van der Waals surface area contributed by atoms with Gasteiger partial charge in [0.05, 0.1) is 4.34 Å². The summed E-state index contributed by atoms with van der Waals surface area (Å²) in [6, 6.07) is 8.57. The first-order valence-electron chi connectivity index (χ1n) is 7.78. The Labute approximate surface area is 159 Å². The highest BCUT2D eigenvalue weighted by Crippen LogP contribution is 2.28. The van der Waals surface area contributed by atoms with E-state index in [0.29, 0.717) is 4.34 Å². The molecular weight excluding hydrogens is 403 g/mol. The molecule has 6 nitrogen and oxygen atoms in total. The Balaban J connectivity index is 1.54. The number of sulfonamides is 1. The van der Waals surface area contributed by atoms with Gasteiger partial charge in [-0.1, -0.05) is 17.7 Å². The van der Waals surface area contributed by atoms with Gasteiger partial charge in [-0.25, -0.2) is 12.8 Å². The number of nitrogens with zero attached hydrogens (tertiary/aromatic N) is 2. The van der Waals surface area contributed by atoms with Gasteiger partial charge in [-0.3, -0.25) is 4.79 Å². The Hall–Kier alpha value is -1.68. The number of thiophene rings is 1. The summed E-state index contributed by atoms with van der Waals surface area (Å²) in [6.45, 7) is 0.706. The van der Waals surface area contributed by atoms with Crippen LogP contribution in [0.4, 0.5) is 4.39 Å². The second kappa shape index (κ2) is 7.91. The number of halogens is 2. The van der Waals surface area contributed by atoms with Gasteiger partial charge < -0.3 is 9.64 Å². The summed E-state index contributed by atoms with van der Waals surface area (Å²) in [7, 11) is -3.59. The quantitative estimate of drug-likeness (QED) is 0.748. The molecule has 3 rings (SSSR count). The number of hydrogen-bond acceptors (Lipinski definition) is 5. The van der Waals surface area contributed by atoms with E-state index in [4.69, 9.17) is 16.3 Å². The highest BCUT2D eigenvalue weighted by molar-refractivity contribution is 7.91. The fourth-order valence-electron chi connectivity index (χ4n) is 2.53. The first-order valence-corrected chi connectivity index (χ1v) is 10.4. The second-order valence-corrected chi connectivity index (χ2v) is 9.47. The molecular formula is C16H16ClFN2O4S2. The van der Waals surface area contributed by atoms with E-state index >= 15 is 0 Å². The summed E-state index contributed by atoms with van der Waals surface area (Å²) >= 11 is 6.82. The molecule has 140 valence electrons. The molecule has 0 unspecified atom stereocenters. The third-order valence-electron chi connectivity index (χ3n) is 3.89. The van der Waals surface area contributed by atoms with Crippen LogP contribution < -0.4 is 4.74 Å². The lowest BCUT2D eigenvalue weighted by molar-refractivity contribution is -0.134. The lowest BCUT2D eigenvalue weighted by atomic mass is 10.3. The van der Waals surface area contributed by atoms with Crippen molar-refractivity contribution in [1.29, 1.82) is 0 Å². The van der Waals surface area contributed by atoms with Crippen LogP contribution in [0.5, 0.6) is 5.75 Å². The monoisotopic (exact) mass is 418 g/mol. The largest absolute Gasteiger partial charge is 0.484 e. The van der Waals surface area contributed by atoms with Crippen molar-refractivity contribution in [3.63, 3.8) is 0 Å². The van der Waals surface area contributed by atoms with Gasteiger partial charge in [-0.05, 0) is 24.3 Å². The van der Waals surface area contributed by atoms with Gasteiger partial charge in [0.25, 0.3) is 15.9 Å². The summed E-state index contributed by atoms with van der Waals surface area (Å²) < 4.78 is 45.4. The van der Waals surface area contributed by atoms with Crippen LogP contribution in [0.1, 0.15) is 0 Å². The maximum absolute atomic E-state index is 13.1. The molecule has 1 aromatic heterocycles. The van der Waals surface area contributed by atoms with Crippen molar-refractivity contribution in [2.45, 2.75) is 4.21 Å². The van der Waals surface area contributed by atoms with E-state index in [2.05, 4.69) is 0 Å². The van der Waals surface area contributed by atoms with Gasteiger partial charge in [0.1, 0.15) is 15.8 Å². The summed E-state index contributed by atoms with van der Waals surface area (Å²) in [5.74, 6) is -0.443. The van der Waals surface area contributed by atoms with E-state index in [9.17, 15) is 17.6 Å². The van der Waals surface area contributed by atoms with E-state index in [0.717, 1.165) is 11.3 Å². The number of piperazine rings is 1. The minimum atomic E-state index is -3.59. The first kappa shape index (κ1) is 19.1. The normalized spacial score (nSPS) is 15.8. The Morgan fingerprint density at radius 1 is 1.19 bits per heavy atom. The summed E-state index contributed by atoms with van der Waals surface area (Å²) in [5.41, 5.74) is 0. The molecule has 0 N–H and O–H groups in total. The van der Waals surface area contributed by atoms with Gasteiger partial charge in [0, 0.05) is 32.2 Å². The highest BCUT2D eigenvalue weighted by Gasteiger charge is 2.31. The third-order valence-corrected chi connectivity index (χ3v) is 7.49. The minimum Gasteiger partial charge on any atom is -0.484 e. The number of ether oxygens (including phenoxy) is 1. The van der Waals surface area contributed by atoms with Gasteiger partial charge in [0.15, 0.2) is 6.61 Å². The van der Waals surface area contributed by atoms with Crippen LogP contribution >= 0.6 is 22.9 Å². The fraction of sp³-hybridized carbons (Fsp3) is 0.312. The van der Waals surface area contributed by atoms with Crippen LogP contribution in [0.2, 0.25) is 4.34 Å². The molecule has 1 fully saturated rings. The zero-order valence-electron chi connectivity index (χ0n) is 13.6. The zero-order chi connectivity index (χ0) is 18.7. The average molecular weight is 419 g/mol. The minimum absolute atomic E-state index is 0.191. The molecule has 1 amide bonds. The number of carbonyl (C=O) groups is 1. The molecule has 0 spiro atoms. The second-order valence-electron chi connectivity index (χ2n) is 5.59. The van der Waals surface area contributed by atoms with Crippen molar-refractivity contribution in [1.82, 2.24) is 9.21 Å². The molecule has 10 heteroatoms. The molecule has 0 saturated carbocycles. The van der Waals surface area contributed by atoms with Crippen LogP contribution in [-0.2, 0) is 14.8 Å². The van der Waals surface area contributed by atoms with E-state index in [1.54, 1.807) is 12.1 Å². The first-order chi connectivity index (χ1) is 12.4. The predicted octanol–water partition coefficient (Wildman–Crippen LogP) is 2.45. The Bertz CT molecular complexity index is 895. The number of hydrogen-bond donors (Lipinski definition) is 0. The highest BCUT2D eigenvalue weighted by atomic mass is 35.5. The van der Waals surface area contributed by atoms with Crippen LogP contribution in [-0.4, -0.2) is 56.3 Å². The Kier molecular flexibility index (Phi) is 5.81. The standard InChI is InChI=1S/C16H16ClFN2O4S2/c17-14-4-5-16(25-14)26(22,23)20-8-6-19(7-9-20)15(21)11-24-13-3-1-2-12(18)10-13/h1-5,10H,6-9,11H2. The topological polar surface area (TPSA) is 66.9 Å². The Morgan fingerprint density at radius 3 is 2.54 bits per heavy atom. The summed E-state index contributed by atoms with van der Waals surface area (Å²) in [5, 5.41) is 0. The van der Waals surface area contributed by atoms with Gasteiger partial charge in [0.2, 0.25) is 0 Å². The van der Waals surface area contributed by atoms with E-state index in [1.807, 2.05) is 0 Å². The number of benzene rings is 1. The fourth-order valence-corrected chi connectivity index (χ4v) is 5.59. The SMILES string of the molecule is O=C(COc1cccc(F)c1)N1CCN(S(=O)(=O)c2ccc(Cl)s2)CC1. The van der Waals surface area contributed by atoms with Crippen molar-refractivity contribution in [3.05, 3.63) is 46.6 Å². The van der Waals surface area contributed by atoms with Crippen molar-refractivity contribution in [3.8, 4) is 5.75 Å². The molecule has 1 saturated heterocycles. The summed E-state index contributed by atoms with van der Waals surface area (Å²) in [6.07, 6.45) is 0. The molecule has 0 radical (unpaired) electrons. The van der Waals surface area contributed by atoms with Gasteiger partial charge in [-0.2, -0.15) is 4.31 Å². The predicted molar refractivity (Wildman–Crippen MR) is 96.6 cm³/mol. The molecule has 1 aromatic carbocycles. The Morgan fingerprint density at radius 2 is 1.92 bits per heavy atom. The lowest BCUT2D eigenvalue weighted by Gasteiger charge is -2.33. The third kappa shape index (κ3) is 4.35. The molecule has 1 aliphatic heterocycles. The molecule has 0 bridgehead atoms. The van der Waals surface area contributed by atoms with Crippen molar-refractivity contribution in [2.75, 3.05) is 32.8 Å². The van der Waals surface area contributed by atoms with Crippen molar-refractivity contribution < 1.29 is 22.3 Å². The molecule has 2 heterocycles. The molecule has 1 aliphatic rings. The van der Waals surface area contributed by atoms with Crippen molar-refractivity contribution in [2.24, 2.45) is 0 Å². The smallest absolute Gasteiger partial charge is 0.260 e. The van der Waals surface area contributed by atoms with Crippen LogP contribution in [0.3, 0.4) is 0 Å². The average Bonchev–Trinajstić information content (AvgIpc) is 3.07. The molecule has 2 aromatic rings. The zero-order valence-corrected chi connectivity index (χ0v) is 16.0. The maximum atomic E-state index is 13.1. The van der Waals surface area contributed by atoms with Crippen LogP contribution in [0, 0.1) is 5.82 Å². The van der Waals surface area contributed by atoms with Crippen molar-refractivity contribution >= 4 is 38.9 Å². The van der Waals surface area contributed by atoms with E-state index < -0.39 is 15.8 Å². The van der Waals surface area contributed by atoms with Gasteiger partial charge in [-0.15, -0.1) is 11.3 Å². The van der Waals surface area contributed by atoms with Crippen LogP contribution in [0.25, 0.3) is 0 Å². The van der Waals surface area contributed by atoms with E-state index in [-0.39, 0.29) is 48.7 Å². The number of carbonyl (C=O) groups excluding carboxylic acids is 1. The maximum Gasteiger partial charge on any atom is 0.260 e. The van der Waals surface area contributed by atoms with E-state index in [1.165, 1.54) is 33.5 Å². The molecule has 26 heavy (non-hydrogen) atoms. The molecule has 0 aliphatic carbocycles. The lowest BCUT2D eigenvalue weighted by Crippen LogP contribution is -2.51. The summed E-state index contributed by atoms with van der Waals surface area (Å²) in [4.78, 5) is 13.7.